The lowest BCUT2D eigenvalue weighted by Crippen LogP contribution is -2.12. The molecule has 114 valence electrons. The summed E-state index contributed by atoms with van der Waals surface area (Å²) in [6.45, 7) is 3.95. The van der Waals surface area contributed by atoms with E-state index in [0.29, 0.717) is 11.3 Å². The maximum Gasteiger partial charge on any atom is 0.425 e. The highest BCUT2D eigenvalue weighted by Crippen LogP contribution is 2.34. The summed E-state index contributed by atoms with van der Waals surface area (Å²) in [5.41, 5.74) is 7.39. The molecular weight excluding hydrogens is 323 g/mol. The summed E-state index contributed by atoms with van der Waals surface area (Å²) >= 11 is 1.89. The van der Waals surface area contributed by atoms with E-state index in [1.54, 1.807) is 0 Å². The molecule has 0 radical (unpaired) electrons. The minimum Gasteiger partial charge on any atom is -0.389 e. The zero-order valence-corrected chi connectivity index (χ0v) is 12.8. The number of hydrogen-bond donors (Lipinski definition) is 1. The zero-order chi connectivity index (χ0) is 15.6. The van der Waals surface area contributed by atoms with Gasteiger partial charge in [-0.3, -0.25) is 0 Å². The molecule has 2 N–H and O–H groups in total. The highest BCUT2D eigenvalue weighted by Gasteiger charge is 2.32. The maximum absolute atomic E-state index is 12.5. The number of amidine groups is 1. The fraction of sp³-hybridized carbons (Fsp3) is 0.333. The van der Waals surface area contributed by atoms with E-state index in [4.69, 9.17) is 10.6 Å². The molecule has 0 fully saturated rings. The van der Waals surface area contributed by atoms with Crippen LogP contribution in [0.1, 0.15) is 25.9 Å². The van der Waals surface area contributed by atoms with E-state index in [2.05, 4.69) is 9.53 Å². The van der Waals surface area contributed by atoms with Crippen LogP contribution in [0.15, 0.2) is 17.3 Å². The van der Waals surface area contributed by atoms with Gasteiger partial charge in [0, 0.05) is 10.4 Å². The molecule has 0 atom stereocenters. The van der Waals surface area contributed by atoms with Crippen molar-refractivity contribution in [2.75, 3.05) is 0 Å². The van der Waals surface area contributed by atoms with Gasteiger partial charge in [-0.2, -0.15) is 17.5 Å². The normalized spacial score (nSPS) is 12.7. The van der Waals surface area contributed by atoms with Crippen molar-refractivity contribution in [2.45, 2.75) is 26.6 Å². The van der Waals surface area contributed by atoms with Crippen molar-refractivity contribution in [2.24, 2.45) is 10.9 Å². The molecule has 0 amide bonds. The number of oxime groups is 1. The molecule has 2 heterocycles. The molecule has 21 heavy (non-hydrogen) atoms. The lowest BCUT2D eigenvalue weighted by molar-refractivity contribution is -0.134. The minimum atomic E-state index is -4.37. The number of nitrogens with zero attached hydrogens (tertiary/aromatic N) is 2. The predicted molar refractivity (Wildman–Crippen MR) is 76.4 cm³/mol. The van der Waals surface area contributed by atoms with Crippen LogP contribution < -0.4 is 5.73 Å². The maximum atomic E-state index is 12.5. The number of alkyl halides is 3. The Bertz CT molecular complexity index is 641. The van der Waals surface area contributed by atoms with E-state index in [0.717, 1.165) is 22.2 Å². The van der Waals surface area contributed by atoms with E-state index in [9.17, 15) is 13.2 Å². The molecule has 0 aliphatic carbocycles. The Labute approximate surface area is 127 Å². The van der Waals surface area contributed by atoms with Crippen LogP contribution in [-0.4, -0.2) is 10.2 Å². The van der Waals surface area contributed by atoms with Crippen molar-refractivity contribution in [3.05, 3.63) is 38.0 Å². The standard InChI is InChI=1S/C12H12F3N3OS2/c1-6-8(7(2)21-18-6)5-19-17-11(16)9-3-4-10(20-9)12(13,14)15/h3-4H,5H2,1-2H3,(H2,16,17). The molecule has 0 saturated carbocycles. The molecule has 0 unspecified atom stereocenters. The number of aryl methyl sites for hydroxylation is 2. The van der Waals surface area contributed by atoms with Crippen molar-refractivity contribution in [1.82, 2.24) is 4.37 Å². The van der Waals surface area contributed by atoms with Crippen molar-refractivity contribution in [3.8, 4) is 0 Å². The number of hydrogen-bond acceptors (Lipinski definition) is 5. The Morgan fingerprint density at radius 2 is 2.10 bits per heavy atom. The number of rotatable bonds is 4. The van der Waals surface area contributed by atoms with Gasteiger partial charge in [-0.1, -0.05) is 5.16 Å². The molecule has 0 saturated heterocycles. The van der Waals surface area contributed by atoms with Crippen molar-refractivity contribution >= 4 is 28.7 Å². The van der Waals surface area contributed by atoms with Crippen molar-refractivity contribution in [1.29, 1.82) is 0 Å². The van der Waals surface area contributed by atoms with Crippen LogP contribution in [0.4, 0.5) is 13.2 Å². The molecule has 9 heteroatoms. The summed E-state index contributed by atoms with van der Waals surface area (Å²) in [5.74, 6) is -0.0750. The van der Waals surface area contributed by atoms with Gasteiger partial charge in [0.2, 0.25) is 0 Å². The number of aromatic nitrogens is 1. The lowest BCUT2D eigenvalue weighted by atomic mass is 10.2. The molecule has 4 nitrogen and oxygen atoms in total. The van der Waals surface area contributed by atoms with Gasteiger partial charge in [0.05, 0.1) is 10.6 Å². The average molecular weight is 335 g/mol. The van der Waals surface area contributed by atoms with Crippen LogP contribution in [0.25, 0.3) is 0 Å². The first-order chi connectivity index (χ1) is 9.79. The summed E-state index contributed by atoms with van der Waals surface area (Å²) in [4.78, 5) is 5.62. The smallest absolute Gasteiger partial charge is 0.389 e. The molecule has 2 rings (SSSR count). The fourth-order valence-electron chi connectivity index (χ4n) is 1.55. The summed E-state index contributed by atoms with van der Waals surface area (Å²) in [6.07, 6.45) is -4.37. The van der Waals surface area contributed by atoms with Crippen LogP contribution in [0.2, 0.25) is 0 Å². The van der Waals surface area contributed by atoms with Crippen molar-refractivity contribution < 1.29 is 18.0 Å². The van der Waals surface area contributed by atoms with Gasteiger partial charge in [0.15, 0.2) is 5.84 Å². The average Bonchev–Trinajstić information content (AvgIpc) is 2.99. The SMILES string of the molecule is Cc1nsc(C)c1CO/N=C(\N)c1ccc(C(F)(F)F)s1. The van der Waals surface area contributed by atoms with Crippen LogP contribution in [0.5, 0.6) is 0 Å². The van der Waals surface area contributed by atoms with E-state index in [1.165, 1.54) is 17.6 Å². The summed E-state index contributed by atoms with van der Waals surface area (Å²) in [5, 5.41) is 3.66. The zero-order valence-electron chi connectivity index (χ0n) is 11.2. The third-order valence-corrected chi connectivity index (χ3v) is 4.73. The molecule has 0 aromatic carbocycles. The van der Waals surface area contributed by atoms with Gasteiger partial charge in [-0.15, -0.1) is 11.3 Å². The van der Waals surface area contributed by atoms with Crippen LogP contribution >= 0.6 is 22.9 Å². The third-order valence-electron chi connectivity index (χ3n) is 2.69. The summed E-state index contributed by atoms with van der Waals surface area (Å²) < 4.78 is 41.6. The Hall–Kier alpha value is -1.61. The first-order valence-electron chi connectivity index (χ1n) is 5.83. The number of thiophene rings is 1. The van der Waals surface area contributed by atoms with E-state index in [1.807, 2.05) is 13.8 Å². The fourth-order valence-corrected chi connectivity index (χ4v) is 3.01. The van der Waals surface area contributed by atoms with E-state index < -0.39 is 11.1 Å². The number of nitrogens with two attached hydrogens (primary N) is 1. The molecule has 0 aliphatic rings. The molecule has 0 spiro atoms. The molecular formula is C12H12F3N3OS2. The van der Waals surface area contributed by atoms with Crippen molar-refractivity contribution in [3.63, 3.8) is 0 Å². The second kappa shape index (κ2) is 6.02. The Morgan fingerprint density at radius 1 is 1.38 bits per heavy atom. The lowest BCUT2D eigenvalue weighted by Gasteiger charge is -2.02. The van der Waals surface area contributed by atoms with Gasteiger partial charge in [-0.05, 0) is 37.5 Å². The molecule has 0 bridgehead atoms. The van der Waals surface area contributed by atoms with Gasteiger partial charge in [-0.25, -0.2) is 0 Å². The summed E-state index contributed by atoms with van der Waals surface area (Å²) in [6, 6.07) is 2.25. The van der Waals surface area contributed by atoms with E-state index in [-0.39, 0.29) is 17.3 Å². The van der Waals surface area contributed by atoms with Gasteiger partial charge >= 0.3 is 6.18 Å². The van der Waals surface area contributed by atoms with Crippen LogP contribution in [0, 0.1) is 13.8 Å². The quantitative estimate of drug-likeness (QED) is 0.527. The summed E-state index contributed by atoms with van der Waals surface area (Å²) in [7, 11) is 0. The number of halogens is 3. The minimum absolute atomic E-state index is 0.0750. The van der Waals surface area contributed by atoms with E-state index >= 15 is 0 Å². The molecule has 0 aliphatic heterocycles. The molecule has 2 aromatic heterocycles. The van der Waals surface area contributed by atoms with Crippen LogP contribution in [0.3, 0.4) is 0 Å². The van der Waals surface area contributed by atoms with Gasteiger partial charge in [0.1, 0.15) is 11.5 Å². The largest absolute Gasteiger partial charge is 0.425 e. The Morgan fingerprint density at radius 3 is 2.62 bits per heavy atom. The second-order valence-corrected chi connectivity index (χ2v) is 6.28. The van der Waals surface area contributed by atoms with Gasteiger partial charge in [0.25, 0.3) is 0 Å². The Balaban J connectivity index is 2.03. The predicted octanol–water partition coefficient (Wildman–Crippen LogP) is 3.68. The highest BCUT2D eigenvalue weighted by molar-refractivity contribution is 7.14. The second-order valence-electron chi connectivity index (χ2n) is 4.21. The topological polar surface area (TPSA) is 60.5 Å². The van der Waals surface area contributed by atoms with Crippen LogP contribution in [-0.2, 0) is 17.6 Å². The monoisotopic (exact) mass is 335 g/mol. The molecule has 2 aromatic rings. The Kier molecular flexibility index (Phi) is 4.52. The first kappa shape index (κ1) is 15.8. The third kappa shape index (κ3) is 3.73. The van der Waals surface area contributed by atoms with Gasteiger partial charge < -0.3 is 10.6 Å². The first-order valence-corrected chi connectivity index (χ1v) is 7.42. The highest BCUT2D eigenvalue weighted by atomic mass is 32.1.